The predicted octanol–water partition coefficient (Wildman–Crippen LogP) is 5.40. The third-order valence-corrected chi connectivity index (χ3v) is 5.08. The van der Waals surface area contributed by atoms with Crippen LogP contribution in [0.1, 0.15) is 38.2 Å². The van der Waals surface area contributed by atoms with Crippen molar-refractivity contribution < 1.29 is 23.8 Å². The van der Waals surface area contributed by atoms with E-state index in [0.29, 0.717) is 41.3 Å². The van der Waals surface area contributed by atoms with E-state index in [2.05, 4.69) is 15.3 Å². The van der Waals surface area contributed by atoms with Crippen molar-refractivity contribution in [1.29, 1.82) is 0 Å². The number of carboxylic acids is 1. The van der Waals surface area contributed by atoms with Gasteiger partial charge in [-0.2, -0.15) is 0 Å². The molecule has 2 N–H and O–H groups in total. The fourth-order valence-corrected chi connectivity index (χ4v) is 3.44. The Hall–Kier alpha value is -3.68. The first-order chi connectivity index (χ1) is 15.4. The molecule has 0 aliphatic rings. The zero-order chi connectivity index (χ0) is 23.1. The van der Waals surface area contributed by atoms with Crippen LogP contribution in [0.15, 0.2) is 48.8 Å². The molecule has 0 spiro atoms. The van der Waals surface area contributed by atoms with Crippen LogP contribution in [0.4, 0.5) is 15.8 Å². The maximum Gasteiger partial charge on any atom is 0.316 e. The maximum atomic E-state index is 14.8. The summed E-state index contributed by atoms with van der Waals surface area (Å²) in [5, 5.41) is 12.5. The molecule has 0 bridgehead atoms. The normalized spacial score (nSPS) is 11.6. The Morgan fingerprint density at radius 2 is 1.84 bits per heavy atom. The number of aliphatic carboxylic acids is 1. The molecule has 0 radical (unpaired) electrons. The van der Waals surface area contributed by atoms with Gasteiger partial charge in [0.15, 0.2) is 0 Å². The lowest BCUT2D eigenvalue weighted by Crippen LogP contribution is -2.06. The SMILES string of the molecule is CCOc1ncc(Nc2cc([C@H](CC)CC(=O)O)ccc2-c2ccc(OC)cc2F)cn1. The zero-order valence-corrected chi connectivity index (χ0v) is 18.3. The lowest BCUT2D eigenvalue weighted by Gasteiger charge is -2.19. The topological polar surface area (TPSA) is 93.6 Å². The molecule has 0 saturated carbocycles. The molecule has 1 heterocycles. The molecule has 1 aromatic heterocycles. The van der Waals surface area contributed by atoms with Gasteiger partial charge in [-0.15, -0.1) is 0 Å². The van der Waals surface area contributed by atoms with Crippen molar-refractivity contribution in [3.63, 3.8) is 0 Å². The van der Waals surface area contributed by atoms with Crippen molar-refractivity contribution >= 4 is 17.3 Å². The smallest absolute Gasteiger partial charge is 0.316 e. The number of halogens is 1. The average Bonchev–Trinajstić information content (AvgIpc) is 2.79. The number of aromatic nitrogens is 2. The fourth-order valence-electron chi connectivity index (χ4n) is 3.44. The molecule has 32 heavy (non-hydrogen) atoms. The van der Waals surface area contributed by atoms with Gasteiger partial charge in [0.25, 0.3) is 0 Å². The number of benzene rings is 2. The van der Waals surface area contributed by atoms with Crippen molar-refractivity contribution in [1.82, 2.24) is 9.97 Å². The van der Waals surface area contributed by atoms with Crippen LogP contribution in [0.2, 0.25) is 0 Å². The largest absolute Gasteiger partial charge is 0.497 e. The molecule has 0 unspecified atom stereocenters. The highest BCUT2D eigenvalue weighted by molar-refractivity contribution is 5.82. The molecule has 0 saturated heterocycles. The maximum absolute atomic E-state index is 14.8. The summed E-state index contributed by atoms with van der Waals surface area (Å²) in [6, 6.07) is 10.4. The van der Waals surface area contributed by atoms with Gasteiger partial charge in [-0.3, -0.25) is 4.79 Å². The molecule has 0 amide bonds. The third-order valence-electron chi connectivity index (χ3n) is 5.08. The fraction of sp³-hybridized carbons (Fsp3) is 0.292. The summed E-state index contributed by atoms with van der Waals surface area (Å²) in [4.78, 5) is 19.6. The monoisotopic (exact) mass is 439 g/mol. The number of carbonyl (C=O) groups is 1. The Bertz CT molecular complexity index is 1070. The molecule has 1 atom stereocenters. The molecular weight excluding hydrogens is 413 g/mol. The standard InChI is InChI=1S/C24H26FN3O4/c1-4-15(11-23(29)30)16-6-8-20(19-9-7-18(31-3)12-21(19)25)22(10-16)28-17-13-26-24(27-14-17)32-5-2/h6-10,12-15,28H,4-5,11H2,1-3H3,(H,29,30)/t15-/m1/s1. The first-order valence-electron chi connectivity index (χ1n) is 10.4. The van der Waals surface area contributed by atoms with Crippen LogP contribution >= 0.6 is 0 Å². The highest BCUT2D eigenvalue weighted by Crippen LogP contribution is 2.37. The van der Waals surface area contributed by atoms with Crippen molar-refractivity contribution in [2.24, 2.45) is 0 Å². The number of carboxylic acid groups (broad SMARTS) is 1. The van der Waals surface area contributed by atoms with Gasteiger partial charge < -0.3 is 19.9 Å². The highest BCUT2D eigenvalue weighted by Gasteiger charge is 2.18. The minimum Gasteiger partial charge on any atom is -0.497 e. The Morgan fingerprint density at radius 1 is 1.12 bits per heavy atom. The number of nitrogens with zero attached hydrogens (tertiary/aromatic N) is 2. The summed E-state index contributed by atoms with van der Waals surface area (Å²) in [7, 11) is 1.48. The van der Waals surface area contributed by atoms with Crippen LogP contribution in [0, 0.1) is 5.82 Å². The number of rotatable bonds is 10. The first kappa shape index (κ1) is 23.0. The van der Waals surface area contributed by atoms with Crippen molar-refractivity contribution in [2.75, 3.05) is 19.0 Å². The molecule has 168 valence electrons. The van der Waals surface area contributed by atoms with E-state index in [4.69, 9.17) is 9.47 Å². The molecule has 0 fully saturated rings. The quantitative estimate of drug-likeness (QED) is 0.437. The number of hydrogen-bond donors (Lipinski definition) is 2. The number of anilines is 2. The molecule has 2 aromatic carbocycles. The number of methoxy groups -OCH3 is 1. The van der Waals surface area contributed by atoms with Crippen LogP contribution in [0.25, 0.3) is 11.1 Å². The summed E-state index contributed by atoms with van der Waals surface area (Å²) in [6.07, 6.45) is 3.83. The van der Waals surface area contributed by atoms with E-state index >= 15 is 0 Å². The van der Waals surface area contributed by atoms with Gasteiger partial charge in [0.05, 0.1) is 38.2 Å². The molecule has 3 aromatic rings. The van der Waals surface area contributed by atoms with Gasteiger partial charge in [0.2, 0.25) is 0 Å². The van der Waals surface area contributed by atoms with Gasteiger partial charge in [-0.25, -0.2) is 14.4 Å². The average molecular weight is 439 g/mol. The van der Waals surface area contributed by atoms with E-state index in [1.807, 2.05) is 26.0 Å². The van der Waals surface area contributed by atoms with E-state index < -0.39 is 11.8 Å². The second-order valence-corrected chi connectivity index (χ2v) is 7.17. The van der Waals surface area contributed by atoms with Gasteiger partial charge in [0, 0.05) is 22.9 Å². The summed E-state index contributed by atoms with van der Waals surface area (Å²) >= 11 is 0. The predicted molar refractivity (Wildman–Crippen MR) is 120 cm³/mol. The summed E-state index contributed by atoms with van der Waals surface area (Å²) < 4.78 is 25.2. The Kier molecular flexibility index (Phi) is 7.59. The number of hydrogen-bond acceptors (Lipinski definition) is 6. The summed E-state index contributed by atoms with van der Waals surface area (Å²) in [6.45, 7) is 4.24. The van der Waals surface area contributed by atoms with E-state index in [1.54, 1.807) is 30.6 Å². The van der Waals surface area contributed by atoms with E-state index in [-0.39, 0.29) is 18.3 Å². The second-order valence-electron chi connectivity index (χ2n) is 7.17. The van der Waals surface area contributed by atoms with E-state index in [0.717, 1.165) is 5.56 Å². The molecular formula is C24H26FN3O4. The van der Waals surface area contributed by atoms with Crippen LogP contribution < -0.4 is 14.8 Å². The van der Waals surface area contributed by atoms with Crippen LogP contribution in [-0.4, -0.2) is 34.8 Å². The highest BCUT2D eigenvalue weighted by atomic mass is 19.1. The molecule has 8 heteroatoms. The lowest BCUT2D eigenvalue weighted by molar-refractivity contribution is -0.137. The minimum atomic E-state index is -0.864. The van der Waals surface area contributed by atoms with Gasteiger partial charge in [0.1, 0.15) is 11.6 Å². The first-order valence-corrected chi connectivity index (χ1v) is 10.4. The second kappa shape index (κ2) is 10.6. The zero-order valence-electron chi connectivity index (χ0n) is 18.3. The van der Waals surface area contributed by atoms with Crippen LogP contribution in [-0.2, 0) is 4.79 Å². The molecule has 3 rings (SSSR count). The summed E-state index contributed by atoms with van der Waals surface area (Å²) in [5.41, 5.74) is 3.06. The Balaban J connectivity index is 2.04. The molecule has 0 aliphatic heterocycles. The van der Waals surface area contributed by atoms with E-state index in [1.165, 1.54) is 13.2 Å². The summed E-state index contributed by atoms with van der Waals surface area (Å²) in [5.74, 6) is -1.04. The van der Waals surface area contributed by atoms with Gasteiger partial charge >= 0.3 is 12.0 Å². The van der Waals surface area contributed by atoms with Crippen molar-refractivity contribution in [2.45, 2.75) is 32.6 Å². The van der Waals surface area contributed by atoms with Crippen molar-refractivity contribution in [3.8, 4) is 22.9 Å². The molecule has 7 nitrogen and oxygen atoms in total. The van der Waals surface area contributed by atoms with Gasteiger partial charge in [-0.05, 0) is 43.0 Å². The van der Waals surface area contributed by atoms with Gasteiger partial charge in [-0.1, -0.05) is 19.1 Å². The van der Waals surface area contributed by atoms with E-state index in [9.17, 15) is 14.3 Å². The number of ether oxygens (including phenoxy) is 2. The van der Waals surface area contributed by atoms with Crippen LogP contribution in [0.3, 0.4) is 0 Å². The molecule has 0 aliphatic carbocycles. The minimum absolute atomic E-state index is 0.0123. The van der Waals surface area contributed by atoms with Crippen LogP contribution in [0.5, 0.6) is 11.8 Å². The Morgan fingerprint density at radius 3 is 2.44 bits per heavy atom. The number of nitrogens with one attached hydrogen (secondary N) is 1. The Labute approximate surface area is 186 Å². The van der Waals surface area contributed by atoms with Crippen molar-refractivity contribution in [3.05, 3.63) is 60.2 Å². The third kappa shape index (κ3) is 5.51. The lowest BCUT2D eigenvalue weighted by atomic mass is 9.90.